The molecule has 0 radical (unpaired) electrons. The predicted octanol–water partition coefficient (Wildman–Crippen LogP) is 6.02. The molecule has 3 nitrogen and oxygen atoms in total. The van der Waals surface area contributed by atoms with Crippen LogP contribution in [0.1, 0.15) is 27.9 Å². The van der Waals surface area contributed by atoms with Crippen molar-refractivity contribution in [3.63, 3.8) is 0 Å². The van der Waals surface area contributed by atoms with E-state index in [9.17, 15) is 0 Å². The largest absolute Gasteiger partial charge is 0.314 e. The number of aryl methyl sites for hydroxylation is 1. The summed E-state index contributed by atoms with van der Waals surface area (Å²) in [5.74, 6) is 0. The van der Waals surface area contributed by atoms with E-state index in [1.165, 1.54) is 22.3 Å². The van der Waals surface area contributed by atoms with Gasteiger partial charge < -0.3 is 4.57 Å². The van der Waals surface area contributed by atoms with Crippen molar-refractivity contribution >= 4 is 11.6 Å². The van der Waals surface area contributed by atoms with Crippen LogP contribution in [0.4, 0.5) is 0 Å². The van der Waals surface area contributed by atoms with E-state index in [1.807, 2.05) is 35.0 Å². The van der Waals surface area contributed by atoms with Crippen LogP contribution in [0.25, 0.3) is 11.1 Å². The molecule has 29 heavy (non-hydrogen) atoms. The van der Waals surface area contributed by atoms with Crippen molar-refractivity contribution in [3.05, 3.63) is 112 Å². The van der Waals surface area contributed by atoms with E-state index in [0.29, 0.717) is 23.8 Å². The van der Waals surface area contributed by atoms with Gasteiger partial charge in [-0.05, 0) is 58.5 Å². The first-order valence-corrected chi connectivity index (χ1v) is 9.86. The Morgan fingerprint density at radius 1 is 0.931 bits per heavy atom. The lowest BCUT2D eigenvalue weighted by Gasteiger charge is -2.11. The molecule has 0 amide bonds. The molecule has 3 aromatic carbocycles. The second-order valence-corrected chi connectivity index (χ2v) is 7.44. The number of hydrogen-bond acceptors (Lipinski definition) is 2. The molecular weight excluding hydrogens is 378 g/mol. The number of nitriles is 1. The SMILES string of the molecule is Cc1ccccc1-c1ccc(Cn2c(Cc3ccc(C#N)cc3)cnc2Cl)cc1. The number of benzene rings is 3. The Kier molecular flexibility index (Phi) is 5.46. The lowest BCUT2D eigenvalue weighted by atomic mass is 9.99. The van der Waals surface area contributed by atoms with Crippen molar-refractivity contribution in [1.29, 1.82) is 5.26 Å². The minimum atomic E-state index is 0.483. The molecular formula is C25H20ClN3. The van der Waals surface area contributed by atoms with Crippen molar-refractivity contribution < 1.29 is 0 Å². The van der Waals surface area contributed by atoms with E-state index < -0.39 is 0 Å². The van der Waals surface area contributed by atoms with Crippen molar-refractivity contribution in [2.24, 2.45) is 0 Å². The molecule has 0 fully saturated rings. The Morgan fingerprint density at radius 2 is 1.62 bits per heavy atom. The van der Waals surface area contributed by atoms with E-state index >= 15 is 0 Å². The summed E-state index contributed by atoms with van der Waals surface area (Å²) in [4.78, 5) is 4.30. The van der Waals surface area contributed by atoms with E-state index in [-0.39, 0.29) is 0 Å². The standard InChI is InChI=1S/C25H20ClN3/c1-18-4-2-3-5-24(18)22-12-10-21(11-13-22)17-29-23(16-28-25(29)26)14-19-6-8-20(15-27)9-7-19/h2-13,16H,14,17H2,1H3. The van der Waals surface area contributed by atoms with Crippen molar-refractivity contribution in [1.82, 2.24) is 9.55 Å². The van der Waals surface area contributed by atoms with Crippen LogP contribution in [0.3, 0.4) is 0 Å². The lowest BCUT2D eigenvalue weighted by molar-refractivity contribution is 0.754. The Hall–Kier alpha value is -3.35. The molecule has 0 unspecified atom stereocenters. The third-order valence-electron chi connectivity index (χ3n) is 5.11. The van der Waals surface area contributed by atoms with Crippen molar-refractivity contribution in [3.8, 4) is 17.2 Å². The van der Waals surface area contributed by atoms with E-state index in [2.05, 4.69) is 66.5 Å². The number of rotatable bonds is 5. The number of nitrogens with zero attached hydrogens (tertiary/aromatic N) is 3. The first-order chi connectivity index (χ1) is 14.1. The Labute approximate surface area is 175 Å². The van der Waals surface area contributed by atoms with Crippen LogP contribution in [0, 0.1) is 18.3 Å². The average Bonchev–Trinajstić information content (AvgIpc) is 3.09. The van der Waals surface area contributed by atoms with Gasteiger partial charge in [0, 0.05) is 12.1 Å². The maximum atomic E-state index is 8.96. The fraction of sp³-hybridized carbons (Fsp3) is 0.120. The zero-order chi connectivity index (χ0) is 20.2. The van der Waals surface area contributed by atoms with Crippen LogP contribution in [0.2, 0.25) is 5.28 Å². The van der Waals surface area contributed by atoms with Crippen LogP contribution < -0.4 is 0 Å². The topological polar surface area (TPSA) is 41.6 Å². The Balaban J connectivity index is 1.54. The van der Waals surface area contributed by atoms with E-state index in [4.69, 9.17) is 16.9 Å². The maximum absolute atomic E-state index is 8.96. The van der Waals surface area contributed by atoms with Gasteiger partial charge in [0.05, 0.1) is 24.4 Å². The van der Waals surface area contributed by atoms with Gasteiger partial charge in [-0.25, -0.2) is 4.98 Å². The Morgan fingerprint density at radius 3 is 2.31 bits per heavy atom. The summed E-state index contributed by atoms with van der Waals surface area (Å²) in [6.45, 7) is 2.79. The molecule has 4 rings (SSSR count). The second-order valence-electron chi connectivity index (χ2n) is 7.10. The predicted molar refractivity (Wildman–Crippen MR) is 117 cm³/mol. The molecule has 0 N–H and O–H groups in total. The normalized spacial score (nSPS) is 10.7. The molecule has 0 saturated heterocycles. The van der Waals surface area contributed by atoms with Gasteiger partial charge in [0.15, 0.2) is 0 Å². The highest BCUT2D eigenvalue weighted by Gasteiger charge is 2.10. The van der Waals surface area contributed by atoms with E-state index in [0.717, 1.165) is 11.3 Å². The smallest absolute Gasteiger partial charge is 0.203 e. The minimum absolute atomic E-state index is 0.483. The molecule has 0 bridgehead atoms. The first kappa shape index (κ1) is 19.0. The highest BCUT2D eigenvalue weighted by molar-refractivity contribution is 6.28. The molecule has 142 valence electrons. The summed E-state index contributed by atoms with van der Waals surface area (Å²) in [5, 5.41) is 9.44. The molecule has 0 saturated carbocycles. The molecule has 0 aliphatic heterocycles. The molecule has 0 aliphatic carbocycles. The summed E-state index contributed by atoms with van der Waals surface area (Å²) in [7, 11) is 0. The highest BCUT2D eigenvalue weighted by atomic mass is 35.5. The average molecular weight is 398 g/mol. The van der Waals surface area contributed by atoms with Gasteiger partial charge in [-0.15, -0.1) is 0 Å². The number of imidazole rings is 1. The third kappa shape index (κ3) is 4.23. The Bertz CT molecular complexity index is 1170. The molecule has 0 spiro atoms. The maximum Gasteiger partial charge on any atom is 0.203 e. The van der Waals surface area contributed by atoms with Gasteiger partial charge in [0.1, 0.15) is 0 Å². The van der Waals surface area contributed by atoms with Crippen LogP contribution >= 0.6 is 11.6 Å². The lowest BCUT2D eigenvalue weighted by Crippen LogP contribution is -2.05. The number of halogens is 1. The molecule has 0 aliphatic rings. The van der Waals surface area contributed by atoms with Crippen molar-refractivity contribution in [2.75, 3.05) is 0 Å². The first-order valence-electron chi connectivity index (χ1n) is 9.48. The van der Waals surface area contributed by atoms with Gasteiger partial charge in [-0.3, -0.25) is 0 Å². The number of aromatic nitrogens is 2. The van der Waals surface area contributed by atoms with Crippen LogP contribution in [-0.2, 0) is 13.0 Å². The van der Waals surface area contributed by atoms with Gasteiger partial charge in [0.2, 0.25) is 5.28 Å². The van der Waals surface area contributed by atoms with Crippen molar-refractivity contribution in [2.45, 2.75) is 19.9 Å². The third-order valence-corrected chi connectivity index (χ3v) is 5.41. The molecule has 0 atom stereocenters. The second kappa shape index (κ2) is 8.34. The minimum Gasteiger partial charge on any atom is -0.314 e. The quantitative estimate of drug-likeness (QED) is 0.413. The number of hydrogen-bond donors (Lipinski definition) is 0. The van der Waals surface area contributed by atoms with Gasteiger partial charge >= 0.3 is 0 Å². The highest BCUT2D eigenvalue weighted by Crippen LogP contribution is 2.24. The monoisotopic (exact) mass is 397 g/mol. The van der Waals surface area contributed by atoms with Gasteiger partial charge in [-0.2, -0.15) is 5.26 Å². The molecule has 1 aromatic heterocycles. The molecule has 4 heteroatoms. The molecule has 4 aromatic rings. The summed E-state index contributed by atoms with van der Waals surface area (Å²) in [6, 6.07) is 26.8. The van der Waals surface area contributed by atoms with E-state index in [1.54, 1.807) is 0 Å². The fourth-order valence-electron chi connectivity index (χ4n) is 3.47. The summed E-state index contributed by atoms with van der Waals surface area (Å²) in [6.07, 6.45) is 2.54. The fourth-order valence-corrected chi connectivity index (χ4v) is 3.69. The van der Waals surface area contributed by atoms with Crippen LogP contribution in [0.5, 0.6) is 0 Å². The van der Waals surface area contributed by atoms with Crippen LogP contribution in [-0.4, -0.2) is 9.55 Å². The zero-order valence-electron chi connectivity index (χ0n) is 16.1. The summed E-state index contributed by atoms with van der Waals surface area (Å²) >= 11 is 6.37. The zero-order valence-corrected chi connectivity index (χ0v) is 16.9. The van der Waals surface area contributed by atoms with Crippen LogP contribution in [0.15, 0.2) is 79.0 Å². The summed E-state index contributed by atoms with van der Waals surface area (Å²) in [5.41, 5.74) is 7.72. The summed E-state index contributed by atoms with van der Waals surface area (Å²) < 4.78 is 2.03. The molecule has 1 heterocycles. The van der Waals surface area contributed by atoms with Gasteiger partial charge in [-0.1, -0.05) is 60.7 Å². The van der Waals surface area contributed by atoms with Gasteiger partial charge in [0.25, 0.3) is 0 Å².